The van der Waals surface area contributed by atoms with E-state index >= 15 is 0 Å². The number of hydrogen-bond donors (Lipinski definition) is 3. The lowest BCUT2D eigenvalue weighted by atomic mass is 10.2. The molecule has 1 amide bonds. The quantitative estimate of drug-likeness (QED) is 0.775. The van der Waals surface area contributed by atoms with Crippen LogP contribution in [0.25, 0.3) is 10.6 Å². The van der Waals surface area contributed by atoms with E-state index in [1.165, 1.54) is 4.88 Å². The molecular weight excluding hydrogens is 260 g/mol. The normalized spacial score (nSPS) is 18.7. The van der Waals surface area contributed by atoms with Gasteiger partial charge in [0, 0.05) is 31.1 Å². The molecule has 100 valence electrons. The average molecular weight is 276 g/mol. The fraction of sp³-hybridized carbons (Fsp3) is 0.385. The van der Waals surface area contributed by atoms with Crippen LogP contribution in [-0.4, -0.2) is 28.7 Å². The van der Waals surface area contributed by atoms with Crippen LogP contribution in [0.3, 0.4) is 0 Å². The molecule has 1 aliphatic rings. The van der Waals surface area contributed by atoms with E-state index in [4.69, 9.17) is 0 Å². The molecule has 0 spiro atoms. The lowest BCUT2D eigenvalue weighted by Gasteiger charge is -2.11. The molecule has 3 heterocycles. The Labute approximate surface area is 115 Å². The molecule has 1 saturated heterocycles. The molecule has 1 atom stereocenters. The van der Waals surface area contributed by atoms with Gasteiger partial charge < -0.3 is 10.6 Å². The van der Waals surface area contributed by atoms with E-state index in [0.717, 1.165) is 30.8 Å². The summed E-state index contributed by atoms with van der Waals surface area (Å²) < 4.78 is 0. The van der Waals surface area contributed by atoms with Crippen molar-refractivity contribution in [2.24, 2.45) is 0 Å². The molecule has 0 aromatic carbocycles. The van der Waals surface area contributed by atoms with Crippen molar-refractivity contribution in [2.75, 3.05) is 6.54 Å². The molecule has 2 aromatic rings. The monoisotopic (exact) mass is 276 g/mol. The Morgan fingerprint density at radius 3 is 3.21 bits per heavy atom. The fourth-order valence-corrected chi connectivity index (χ4v) is 3.05. The second kappa shape index (κ2) is 5.54. The zero-order valence-corrected chi connectivity index (χ0v) is 11.3. The van der Waals surface area contributed by atoms with Gasteiger partial charge in [-0.15, -0.1) is 11.3 Å². The Kier molecular flexibility index (Phi) is 3.61. The van der Waals surface area contributed by atoms with E-state index in [1.54, 1.807) is 11.3 Å². The lowest BCUT2D eigenvalue weighted by molar-refractivity contribution is -0.119. The van der Waals surface area contributed by atoms with E-state index in [-0.39, 0.29) is 11.9 Å². The Morgan fingerprint density at radius 1 is 1.53 bits per heavy atom. The van der Waals surface area contributed by atoms with Gasteiger partial charge in [-0.2, -0.15) is 5.10 Å². The van der Waals surface area contributed by atoms with Gasteiger partial charge >= 0.3 is 0 Å². The summed E-state index contributed by atoms with van der Waals surface area (Å²) >= 11 is 1.70. The summed E-state index contributed by atoms with van der Waals surface area (Å²) in [6.45, 7) is 1.57. The van der Waals surface area contributed by atoms with Crippen LogP contribution in [0.15, 0.2) is 23.7 Å². The number of amides is 1. The third kappa shape index (κ3) is 2.85. The third-order valence-electron chi connectivity index (χ3n) is 3.28. The third-order valence-corrected chi connectivity index (χ3v) is 4.16. The zero-order valence-electron chi connectivity index (χ0n) is 10.5. The molecule has 0 bridgehead atoms. The first-order valence-corrected chi connectivity index (χ1v) is 7.27. The highest BCUT2D eigenvalue weighted by atomic mass is 32.1. The second-order valence-corrected chi connectivity index (χ2v) is 5.63. The van der Waals surface area contributed by atoms with Gasteiger partial charge in [0.05, 0.1) is 16.8 Å². The predicted octanol–water partition coefficient (Wildman–Crippen LogP) is 1.51. The summed E-state index contributed by atoms with van der Waals surface area (Å²) in [6.07, 6.45) is 3.43. The molecular formula is C13H16N4OS. The first kappa shape index (κ1) is 12.4. The molecule has 19 heavy (non-hydrogen) atoms. The highest BCUT2D eigenvalue weighted by Crippen LogP contribution is 2.25. The molecule has 3 N–H and O–H groups in total. The summed E-state index contributed by atoms with van der Waals surface area (Å²) in [4.78, 5) is 12.3. The van der Waals surface area contributed by atoms with Crippen LogP contribution in [0.5, 0.6) is 0 Å². The molecule has 5 nitrogen and oxygen atoms in total. The lowest BCUT2D eigenvalue weighted by Crippen LogP contribution is -2.35. The number of nitrogens with zero attached hydrogens (tertiary/aromatic N) is 1. The molecule has 6 heteroatoms. The summed E-state index contributed by atoms with van der Waals surface area (Å²) in [6, 6.07) is 4.38. The van der Waals surface area contributed by atoms with Crippen molar-refractivity contribution in [3.8, 4) is 10.6 Å². The van der Waals surface area contributed by atoms with Crippen LogP contribution < -0.4 is 10.6 Å². The molecule has 1 fully saturated rings. The maximum Gasteiger partial charge on any atom is 0.220 e. The Hall–Kier alpha value is -1.66. The maximum absolute atomic E-state index is 11.1. The van der Waals surface area contributed by atoms with Crippen LogP contribution >= 0.6 is 11.3 Å². The van der Waals surface area contributed by atoms with Gasteiger partial charge in [-0.05, 0) is 17.9 Å². The zero-order chi connectivity index (χ0) is 13.1. The Balaban J connectivity index is 1.56. The number of thiophene rings is 1. The van der Waals surface area contributed by atoms with Crippen LogP contribution in [0, 0.1) is 0 Å². The first-order chi connectivity index (χ1) is 9.33. The van der Waals surface area contributed by atoms with Crippen LogP contribution in [-0.2, 0) is 11.3 Å². The number of hydrogen-bond acceptors (Lipinski definition) is 4. The highest BCUT2D eigenvalue weighted by molar-refractivity contribution is 7.13. The van der Waals surface area contributed by atoms with E-state index < -0.39 is 0 Å². The fourth-order valence-electron chi connectivity index (χ4n) is 2.29. The van der Waals surface area contributed by atoms with Crippen molar-refractivity contribution in [2.45, 2.75) is 25.4 Å². The van der Waals surface area contributed by atoms with E-state index in [9.17, 15) is 4.79 Å². The van der Waals surface area contributed by atoms with E-state index in [0.29, 0.717) is 6.42 Å². The molecule has 0 radical (unpaired) electrons. The second-order valence-electron chi connectivity index (χ2n) is 4.68. The summed E-state index contributed by atoms with van der Waals surface area (Å²) in [5.41, 5.74) is 2.24. The van der Waals surface area contributed by atoms with Gasteiger partial charge in [-0.3, -0.25) is 9.89 Å². The molecule has 2 aromatic heterocycles. The van der Waals surface area contributed by atoms with Crippen molar-refractivity contribution in [1.29, 1.82) is 0 Å². The van der Waals surface area contributed by atoms with Crippen molar-refractivity contribution in [1.82, 2.24) is 20.8 Å². The number of rotatable bonds is 5. The number of nitrogens with one attached hydrogen (secondary N) is 3. The van der Waals surface area contributed by atoms with Crippen molar-refractivity contribution in [3.63, 3.8) is 0 Å². The van der Waals surface area contributed by atoms with Crippen molar-refractivity contribution in [3.05, 3.63) is 29.3 Å². The molecule has 0 saturated carbocycles. The first-order valence-electron chi connectivity index (χ1n) is 6.39. The standard InChI is InChI=1S/C13H16N4OS/c18-12-4-3-10(16-12)8-14-6-9-7-15-17-13(9)11-2-1-5-19-11/h1-2,5,7,10,14H,3-4,6,8H2,(H,15,17)(H,16,18). The van der Waals surface area contributed by atoms with Gasteiger partial charge in [0.15, 0.2) is 0 Å². The molecule has 3 rings (SSSR count). The Morgan fingerprint density at radius 2 is 2.47 bits per heavy atom. The smallest absolute Gasteiger partial charge is 0.220 e. The van der Waals surface area contributed by atoms with E-state index in [2.05, 4.69) is 32.3 Å². The SMILES string of the molecule is O=C1CCC(CNCc2cn[nH]c2-c2cccs2)N1. The number of H-pyrrole nitrogens is 1. The summed E-state index contributed by atoms with van der Waals surface area (Å²) in [7, 11) is 0. The number of carbonyl (C=O) groups excluding carboxylic acids is 1. The minimum Gasteiger partial charge on any atom is -0.352 e. The largest absolute Gasteiger partial charge is 0.352 e. The Bertz CT molecular complexity index is 549. The molecule has 0 aliphatic carbocycles. The average Bonchev–Trinajstić information content (AvgIpc) is 3.09. The van der Waals surface area contributed by atoms with Gasteiger partial charge in [0.1, 0.15) is 0 Å². The van der Waals surface area contributed by atoms with Crippen LogP contribution in [0.1, 0.15) is 18.4 Å². The number of aromatic amines is 1. The number of carbonyl (C=O) groups is 1. The topological polar surface area (TPSA) is 69.8 Å². The molecule has 1 unspecified atom stereocenters. The van der Waals surface area contributed by atoms with Crippen molar-refractivity contribution < 1.29 is 4.79 Å². The van der Waals surface area contributed by atoms with Crippen LogP contribution in [0.4, 0.5) is 0 Å². The highest BCUT2D eigenvalue weighted by Gasteiger charge is 2.20. The maximum atomic E-state index is 11.1. The molecule has 1 aliphatic heterocycles. The van der Waals surface area contributed by atoms with Gasteiger partial charge in [-0.1, -0.05) is 6.07 Å². The number of aromatic nitrogens is 2. The van der Waals surface area contributed by atoms with Crippen LogP contribution in [0.2, 0.25) is 0 Å². The predicted molar refractivity (Wildman–Crippen MR) is 74.8 cm³/mol. The van der Waals surface area contributed by atoms with Gasteiger partial charge in [0.25, 0.3) is 0 Å². The minimum atomic E-state index is 0.161. The van der Waals surface area contributed by atoms with Gasteiger partial charge in [0.2, 0.25) is 5.91 Å². The van der Waals surface area contributed by atoms with E-state index in [1.807, 2.05) is 12.3 Å². The minimum absolute atomic E-state index is 0.161. The van der Waals surface area contributed by atoms with Gasteiger partial charge in [-0.25, -0.2) is 0 Å². The summed E-state index contributed by atoms with van der Waals surface area (Å²) in [5.74, 6) is 0.161. The van der Waals surface area contributed by atoms with Crippen molar-refractivity contribution >= 4 is 17.2 Å². The summed E-state index contributed by atoms with van der Waals surface area (Å²) in [5, 5.41) is 15.5.